The highest BCUT2D eigenvalue weighted by Gasteiger charge is 2.37. The Balaban J connectivity index is 1.64. The van der Waals surface area contributed by atoms with Gasteiger partial charge in [0, 0.05) is 6.54 Å². The third-order valence-corrected chi connectivity index (χ3v) is 5.33. The predicted octanol–water partition coefficient (Wildman–Crippen LogP) is 3.73. The van der Waals surface area contributed by atoms with Crippen LogP contribution in [0.25, 0.3) is 10.3 Å². The smallest absolute Gasteiger partial charge is 0.410 e. The lowest BCUT2D eigenvalue weighted by Gasteiger charge is -2.22. The average Bonchev–Trinajstić information content (AvgIpc) is 3.28. The van der Waals surface area contributed by atoms with E-state index in [2.05, 4.69) is 9.97 Å². The number of H-pyrrole nitrogens is 1. The molecule has 146 valence electrons. The van der Waals surface area contributed by atoms with Crippen molar-refractivity contribution in [1.29, 1.82) is 0 Å². The highest BCUT2D eigenvalue weighted by atomic mass is 32.1. The number of benzene rings is 1. The number of carbonyl (C=O) groups excluding carboxylic acids is 1. The van der Waals surface area contributed by atoms with Crippen molar-refractivity contribution in [3.63, 3.8) is 0 Å². The van der Waals surface area contributed by atoms with E-state index in [0.717, 1.165) is 11.3 Å². The number of para-hydroxylation sites is 1. The number of fused-ring (bicyclic) bond motifs is 1. The lowest BCUT2D eigenvalue weighted by molar-refractivity contribution is -0.144. The Morgan fingerprint density at radius 2 is 2.00 bits per heavy atom. The van der Waals surface area contributed by atoms with E-state index >= 15 is 0 Å². The standard InChI is InChI=1S/C17H13F3N4O3S/c18-17(19,20)15-22-12(25)11-14(23-15)28-13(21-11)10-7-4-8-24(10)16(26)27-9-5-2-1-3-6-9/h1-3,5-6,10H,4,7-8H2,(H,22,23,25). The quantitative estimate of drug-likeness (QED) is 0.696. The van der Waals surface area contributed by atoms with E-state index in [0.29, 0.717) is 30.1 Å². The maximum Gasteiger partial charge on any atom is 0.449 e. The van der Waals surface area contributed by atoms with Gasteiger partial charge in [0.25, 0.3) is 5.56 Å². The molecule has 0 saturated carbocycles. The van der Waals surface area contributed by atoms with E-state index in [1.165, 1.54) is 4.90 Å². The van der Waals surface area contributed by atoms with E-state index in [-0.39, 0.29) is 10.3 Å². The zero-order valence-corrected chi connectivity index (χ0v) is 15.0. The highest BCUT2D eigenvalue weighted by molar-refractivity contribution is 7.18. The van der Waals surface area contributed by atoms with Gasteiger partial charge in [0.1, 0.15) is 10.8 Å². The predicted molar refractivity (Wildman–Crippen MR) is 94.2 cm³/mol. The number of hydrogen-bond donors (Lipinski definition) is 1. The van der Waals surface area contributed by atoms with Crippen LogP contribution in [0.1, 0.15) is 29.7 Å². The summed E-state index contributed by atoms with van der Waals surface area (Å²) < 4.78 is 43.9. The second-order valence-corrected chi connectivity index (χ2v) is 7.16. The first-order valence-electron chi connectivity index (χ1n) is 8.34. The molecule has 1 N–H and O–H groups in total. The molecular formula is C17H13F3N4O3S. The molecule has 2 aromatic heterocycles. The van der Waals surface area contributed by atoms with Crippen LogP contribution in [0.5, 0.6) is 5.75 Å². The second-order valence-electron chi connectivity index (χ2n) is 6.15. The number of aromatic amines is 1. The number of nitrogens with zero attached hydrogens (tertiary/aromatic N) is 3. The molecule has 1 saturated heterocycles. The van der Waals surface area contributed by atoms with Crippen LogP contribution in [0.15, 0.2) is 35.1 Å². The molecule has 28 heavy (non-hydrogen) atoms. The summed E-state index contributed by atoms with van der Waals surface area (Å²) >= 11 is 0.875. The van der Waals surface area contributed by atoms with Gasteiger partial charge < -0.3 is 9.72 Å². The van der Waals surface area contributed by atoms with Crippen molar-refractivity contribution in [3.05, 3.63) is 51.5 Å². The number of thiazole rings is 1. The Morgan fingerprint density at radius 1 is 1.25 bits per heavy atom. The number of amides is 1. The van der Waals surface area contributed by atoms with E-state index in [1.807, 2.05) is 0 Å². The molecule has 1 amide bonds. The topological polar surface area (TPSA) is 88.2 Å². The number of halogens is 3. The molecule has 11 heteroatoms. The zero-order chi connectivity index (χ0) is 19.9. The number of hydrogen-bond acceptors (Lipinski definition) is 6. The van der Waals surface area contributed by atoms with Gasteiger partial charge in [-0.3, -0.25) is 9.69 Å². The SMILES string of the molecule is O=C(Oc1ccccc1)N1CCCC1c1nc2c(=O)[nH]c(C(F)(F)F)nc2s1. The molecule has 0 bridgehead atoms. The molecular weight excluding hydrogens is 397 g/mol. The van der Waals surface area contributed by atoms with Crippen LogP contribution in [0.4, 0.5) is 18.0 Å². The maximum absolute atomic E-state index is 12.9. The molecule has 4 rings (SSSR count). The van der Waals surface area contributed by atoms with E-state index in [4.69, 9.17) is 4.74 Å². The Kier molecular flexibility index (Phi) is 4.53. The van der Waals surface area contributed by atoms with Crippen molar-refractivity contribution in [1.82, 2.24) is 19.9 Å². The molecule has 0 spiro atoms. The molecule has 0 aliphatic carbocycles. The maximum atomic E-state index is 12.9. The van der Waals surface area contributed by atoms with Gasteiger partial charge >= 0.3 is 12.3 Å². The first-order valence-corrected chi connectivity index (χ1v) is 9.16. The first-order chi connectivity index (χ1) is 13.3. The first kappa shape index (κ1) is 18.4. The van der Waals surface area contributed by atoms with E-state index in [9.17, 15) is 22.8 Å². The minimum absolute atomic E-state index is 0.116. The fraction of sp³-hybridized carbons (Fsp3) is 0.294. The third-order valence-electron chi connectivity index (χ3n) is 4.28. The molecule has 0 radical (unpaired) electrons. The number of rotatable bonds is 2. The van der Waals surface area contributed by atoms with Gasteiger partial charge in [-0.1, -0.05) is 29.5 Å². The van der Waals surface area contributed by atoms with Gasteiger partial charge in [-0.15, -0.1) is 0 Å². The molecule has 1 aliphatic rings. The van der Waals surface area contributed by atoms with Crippen molar-refractivity contribution in [2.75, 3.05) is 6.54 Å². The fourth-order valence-corrected chi connectivity index (χ4v) is 4.10. The Bertz CT molecular complexity index is 1080. The third kappa shape index (κ3) is 3.44. The summed E-state index contributed by atoms with van der Waals surface area (Å²) in [6.45, 7) is 0.420. The molecule has 3 heterocycles. The van der Waals surface area contributed by atoms with Gasteiger partial charge in [-0.2, -0.15) is 13.2 Å². The van der Waals surface area contributed by atoms with Crippen LogP contribution in [-0.4, -0.2) is 32.5 Å². The average molecular weight is 410 g/mol. The number of aromatic nitrogens is 3. The summed E-state index contributed by atoms with van der Waals surface area (Å²) in [5, 5.41) is 0.356. The van der Waals surface area contributed by atoms with Crippen LogP contribution in [-0.2, 0) is 6.18 Å². The summed E-state index contributed by atoms with van der Waals surface area (Å²) in [7, 11) is 0. The van der Waals surface area contributed by atoms with Crippen LogP contribution in [0.2, 0.25) is 0 Å². The van der Waals surface area contributed by atoms with Gasteiger partial charge in [0.2, 0.25) is 5.82 Å². The van der Waals surface area contributed by atoms with Gasteiger partial charge in [0.05, 0.1) is 6.04 Å². The number of nitrogens with one attached hydrogen (secondary N) is 1. The molecule has 1 atom stereocenters. The molecule has 1 unspecified atom stereocenters. The summed E-state index contributed by atoms with van der Waals surface area (Å²) in [5.74, 6) is -0.984. The van der Waals surface area contributed by atoms with Gasteiger partial charge in [0.15, 0.2) is 10.3 Å². The Hall–Kier alpha value is -2.95. The van der Waals surface area contributed by atoms with Crippen molar-refractivity contribution in [2.24, 2.45) is 0 Å². The second kappa shape index (κ2) is 6.89. The van der Waals surface area contributed by atoms with E-state index < -0.39 is 29.7 Å². The molecule has 1 aromatic carbocycles. The Morgan fingerprint density at radius 3 is 2.71 bits per heavy atom. The molecule has 1 aliphatic heterocycles. The van der Waals surface area contributed by atoms with Crippen molar-refractivity contribution in [2.45, 2.75) is 25.1 Å². The summed E-state index contributed by atoms with van der Waals surface area (Å²) in [6.07, 6.45) is -4.10. The minimum Gasteiger partial charge on any atom is -0.410 e. The van der Waals surface area contributed by atoms with Crippen LogP contribution in [0, 0.1) is 0 Å². The van der Waals surface area contributed by atoms with Crippen molar-refractivity contribution >= 4 is 27.8 Å². The number of ether oxygens (including phenoxy) is 1. The lowest BCUT2D eigenvalue weighted by Crippen LogP contribution is -2.33. The summed E-state index contributed by atoms with van der Waals surface area (Å²) in [6, 6.07) is 8.05. The number of likely N-dealkylation sites (tertiary alicyclic amines) is 1. The summed E-state index contributed by atoms with van der Waals surface area (Å²) in [4.78, 5) is 35.2. The highest BCUT2D eigenvalue weighted by Crippen LogP contribution is 2.36. The fourth-order valence-electron chi connectivity index (χ4n) is 3.01. The van der Waals surface area contributed by atoms with Crippen LogP contribution < -0.4 is 10.3 Å². The van der Waals surface area contributed by atoms with Crippen molar-refractivity contribution < 1.29 is 22.7 Å². The van der Waals surface area contributed by atoms with Crippen molar-refractivity contribution in [3.8, 4) is 5.75 Å². The Labute approximate surface area is 159 Å². The van der Waals surface area contributed by atoms with E-state index in [1.54, 1.807) is 35.3 Å². The van der Waals surface area contributed by atoms with Gasteiger partial charge in [-0.05, 0) is 25.0 Å². The molecule has 3 aromatic rings. The summed E-state index contributed by atoms with van der Waals surface area (Å²) in [5.41, 5.74) is -1.13. The number of alkyl halides is 3. The zero-order valence-electron chi connectivity index (χ0n) is 14.2. The molecule has 7 nitrogen and oxygen atoms in total. The lowest BCUT2D eigenvalue weighted by atomic mass is 10.2. The monoisotopic (exact) mass is 410 g/mol. The minimum atomic E-state index is -4.77. The molecule has 1 fully saturated rings. The van der Waals surface area contributed by atoms with Crippen LogP contribution >= 0.6 is 11.3 Å². The normalized spacial score (nSPS) is 17.2. The van der Waals surface area contributed by atoms with Gasteiger partial charge in [-0.25, -0.2) is 14.8 Å². The van der Waals surface area contributed by atoms with Crippen LogP contribution in [0.3, 0.4) is 0 Å². The number of carbonyl (C=O) groups is 1. The largest absolute Gasteiger partial charge is 0.449 e.